The molecular formula is C16H21N3O2. The van der Waals surface area contributed by atoms with E-state index in [4.69, 9.17) is 15.0 Å². The Labute approximate surface area is 124 Å². The first-order valence-electron chi connectivity index (χ1n) is 7.39. The molecule has 0 amide bonds. The minimum Gasteiger partial charge on any atom is -0.496 e. The first kappa shape index (κ1) is 14.1. The van der Waals surface area contributed by atoms with Crippen LogP contribution in [0.3, 0.4) is 0 Å². The monoisotopic (exact) mass is 287 g/mol. The van der Waals surface area contributed by atoms with E-state index < -0.39 is 5.54 Å². The number of hydrogen-bond donors (Lipinski definition) is 1. The van der Waals surface area contributed by atoms with Crippen LogP contribution in [0.25, 0.3) is 11.5 Å². The van der Waals surface area contributed by atoms with Crippen LogP contribution in [0.5, 0.6) is 5.75 Å². The standard InChI is InChI=1S/C16H21N3O2/c1-11-7-9-16(17,10-8-11)15-18-14(21-19-15)12-5-3-4-6-13(12)20-2/h3-6,11H,7-10,17H2,1-2H3. The van der Waals surface area contributed by atoms with Crippen molar-refractivity contribution < 1.29 is 9.26 Å². The molecule has 21 heavy (non-hydrogen) atoms. The average molecular weight is 287 g/mol. The lowest BCUT2D eigenvalue weighted by Gasteiger charge is -2.33. The SMILES string of the molecule is COc1ccccc1-c1nc(C2(N)CCC(C)CC2)no1. The van der Waals surface area contributed by atoms with Crippen LogP contribution in [-0.2, 0) is 5.54 Å². The summed E-state index contributed by atoms with van der Waals surface area (Å²) in [6, 6.07) is 7.61. The lowest BCUT2D eigenvalue weighted by atomic mass is 9.77. The van der Waals surface area contributed by atoms with Crippen molar-refractivity contribution in [3.63, 3.8) is 0 Å². The van der Waals surface area contributed by atoms with Gasteiger partial charge in [-0.2, -0.15) is 4.98 Å². The molecule has 0 aliphatic heterocycles. The van der Waals surface area contributed by atoms with Gasteiger partial charge in [0.25, 0.3) is 5.89 Å². The van der Waals surface area contributed by atoms with Crippen LogP contribution in [0.4, 0.5) is 0 Å². The van der Waals surface area contributed by atoms with Gasteiger partial charge in [-0.05, 0) is 43.7 Å². The van der Waals surface area contributed by atoms with Gasteiger partial charge in [-0.25, -0.2) is 0 Å². The largest absolute Gasteiger partial charge is 0.496 e. The second kappa shape index (κ2) is 5.48. The predicted octanol–water partition coefficient (Wildman–Crippen LogP) is 3.11. The molecule has 3 rings (SSSR count). The maximum Gasteiger partial charge on any atom is 0.261 e. The molecule has 0 bridgehead atoms. The molecule has 1 fully saturated rings. The Bertz CT molecular complexity index is 615. The van der Waals surface area contributed by atoms with Crippen LogP contribution in [0.15, 0.2) is 28.8 Å². The summed E-state index contributed by atoms with van der Waals surface area (Å²) in [4.78, 5) is 4.53. The Morgan fingerprint density at radius 1 is 1.29 bits per heavy atom. The van der Waals surface area contributed by atoms with E-state index >= 15 is 0 Å². The van der Waals surface area contributed by atoms with Gasteiger partial charge in [-0.3, -0.25) is 0 Å². The van der Waals surface area contributed by atoms with Crippen LogP contribution in [0.1, 0.15) is 38.4 Å². The molecule has 0 atom stereocenters. The number of para-hydroxylation sites is 1. The molecule has 5 nitrogen and oxygen atoms in total. The van der Waals surface area contributed by atoms with Gasteiger partial charge in [-0.1, -0.05) is 24.2 Å². The molecular weight excluding hydrogens is 266 g/mol. The van der Waals surface area contributed by atoms with Crippen LogP contribution in [0.2, 0.25) is 0 Å². The number of benzene rings is 1. The van der Waals surface area contributed by atoms with Crippen molar-refractivity contribution in [1.29, 1.82) is 0 Å². The Balaban J connectivity index is 1.90. The topological polar surface area (TPSA) is 74.2 Å². The fraction of sp³-hybridized carbons (Fsp3) is 0.500. The number of nitrogens with zero attached hydrogens (tertiary/aromatic N) is 2. The van der Waals surface area contributed by atoms with Gasteiger partial charge in [0.15, 0.2) is 5.82 Å². The van der Waals surface area contributed by atoms with Crippen molar-refractivity contribution in [3.05, 3.63) is 30.1 Å². The smallest absolute Gasteiger partial charge is 0.261 e. The van der Waals surface area contributed by atoms with Gasteiger partial charge >= 0.3 is 0 Å². The van der Waals surface area contributed by atoms with E-state index in [9.17, 15) is 0 Å². The van der Waals surface area contributed by atoms with Gasteiger partial charge in [0.05, 0.1) is 18.2 Å². The first-order chi connectivity index (χ1) is 10.1. The van der Waals surface area contributed by atoms with E-state index in [0.29, 0.717) is 11.7 Å². The van der Waals surface area contributed by atoms with Gasteiger partial charge in [-0.15, -0.1) is 0 Å². The molecule has 0 radical (unpaired) electrons. The Hall–Kier alpha value is -1.88. The second-order valence-electron chi connectivity index (χ2n) is 5.96. The molecule has 0 unspecified atom stereocenters. The van der Waals surface area contributed by atoms with E-state index in [1.165, 1.54) is 0 Å². The third-order valence-corrected chi connectivity index (χ3v) is 4.38. The predicted molar refractivity (Wildman–Crippen MR) is 79.8 cm³/mol. The van der Waals surface area contributed by atoms with E-state index in [1.54, 1.807) is 7.11 Å². The van der Waals surface area contributed by atoms with Crippen LogP contribution >= 0.6 is 0 Å². The van der Waals surface area contributed by atoms with Crippen molar-refractivity contribution in [3.8, 4) is 17.2 Å². The number of rotatable bonds is 3. The molecule has 0 saturated heterocycles. The van der Waals surface area contributed by atoms with E-state index in [2.05, 4.69) is 17.1 Å². The lowest BCUT2D eigenvalue weighted by molar-refractivity contribution is 0.230. The second-order valence-corrected chi connectivity index (χ2v) is 5.96. The summed E-state index contributed by atoms with van der Waals surface area (Å²) >= 11 is 0. The third kappa shape index (κ3) is 2.65. The summed E-state index contributed by atoms with van der Waals surface area (Å²) in [7, 11) is 1.63. The molecule has 2 N–H and O–H groups in total. The van der Waals surface area contributed by atoms with Gasteiger partial charge < -0.3 is 15.0 Å². The highest BCUT2D eigenvalue weighted by atomic mass is 16.5. The first-order valence-corrected chi connectivity index (χ1v) is 7.39. The lowest BCUT2D eigenvalue weighted by Crippen LogP contribution is -2.41. The number of hydrogen-bond acceptors (Lipinski definition) is 5. The molecule has 2 aromatic rings. The minimum absolute atomic E-state index is 0.462. The van der Waals surface area contributed by atoms with Crippen molar-refractivity contribution >= 4 is 0 Å². The maximum absolute atomic E-state index is 6.49. The summed E-state index contributed by atoms with van der Waals surface area (Å²) < 4.78 is 10.8. The van der Waals surface area contributed by atoms with Gasteiger partial charge in [0.2, 0.25) is 0 Å². The normalized spacial score (nSPS) is 25.8. The van der Waals surface area contributed by atoms with Crippen LogP contribution in [-0.4, -0.2) is 17.3 Å². The zero-order valence-corrected chi connectivity index (χ0v) is 12.5. The molecule has 1 aliphatic rings. The van der Waals surface area contributed by atoms with E-state index in [0.717, 1.165) is 42.9 Å². The number of aromatic nitrogens is 2. The fourth-order valence-corrected chi connectivity index (χ4v) is 2.86. The number of nitrogens with two attached hydrogens (primary N) is 1. The highest BCUT2D eigenvalue weighted by Crippen LogP contribution is 2.37. The highest BCUT2D eigenvalue weighted by Gasteiger charge is 2.36. The molecule has 1 heterocycles. The van der Waals surface area contributed by atoms with E-state index in [1.807, 2.05) is 24.3 Å². The van der Waals surface area contributed by atoms with Crippen molar-refractivity contribution in [2.75, 3.05) is 7.11 Å². The zero-order chi connectivity index (χ0) is 14.9. The fourth-order valence-electron chi connectivity index (χ4n) is 2.86. The minimum atomic E-state index is -0.462. The van der Waals surface area contributed by atoms with Crippen LogP contribution in [0, 0.1) is 5.92 Å². The molecule has 1 aliphatic carbocycles. The Morgan fingerprint density at radius 3 is 2.71 bits per heavy atom. The highest BCUT2D eigenvalue weighted by molar-refractivity contribution is 5.62. The summed E-state index contributed by atoms with van der Waals surface area (Å²) in [5.74, 6) is 2.51. The molecule has 0 spiro atoms. The number of ether oxygens (including phenoxy) is 1. The molecule has 1 aromatic heterocycles. The molecule has 1 saturated carbocycles. The van der Waals surface area contributed by atoms with E-state index in [-0.39, 0.29) is 0 Å². The summed E-state index contributed by atoms with van der Waals surface area (Å²) in [5.41, 5.74) is 6.82. The van der Waals surface area contributed by atoms with Crippen molar-refractivity contribution in [1.82, 2.24) is 10.1 Å². The quantitative estimate of drug-likeness (QED) is 0.938. The maximum atomic E-state index is 6.49. The summed E-state index contributed by atoms with van der Waals surface area (Å²) in [6.45, 7) is 2.26. The number of methoxy groups -OCH3 is 1. The summed E-state index contributed by atoms with van der Waals surface area (Å²) in [6.07, 6.45) is 4.02. The van der Waals surface area contributed by atoms with Crippen molar-refractivity contribution in [2.45, 2.75) is 38.1 Å². The Kier molecular flexibility index (Phi) is 3.68. The van der Waals surface area contributed by atoms with Crippen molar-refractivity contribution in [2.24, 2.45) is 11.7 Å². The Morgan fingerprint density at radius 2 is 2.00 bits per heavy atom. The summed E-state index contributed by atoms with van der Waals surface area (Å²) in [5, 5.41) is 4.12. The molecule has 1 aromatic carbocycles. The molecule has 5 heteroatoms. The average Bonchev–Trinajstić information content (AvgIpc) is 3.01. The van der Waals surface area contributed by atoms with Crippen LogP contribution < -0.4 is 10.5 Å². The van der Waals surface area contributed by atoms with Gasteiger partial charge in [0, 0.05) is 0 Å². The third-order valence-electron chi connectivity index (χ3n) is 4.38. The zero-order valence-electron chi connectivity index (χ0n) is 12.5. The van der Waals surface area contributed by atoms with Gasteiger partial charge in [0.1, 0.15) is 5.75 Å². The molecule has 112 valence electrons.